The molecule has 6 aromatic carbocycles. The van der Waals surface area contributed by atoms with Gasteiger partial charge in [-0.3, -0.25) is 5.01 Å². The summed E-state index contributed by atoms with van der Waals surface area (Å²) in [6.45, 7) is 2.19. The van der Waals surface area contributed by atoms with E-state index in [0.29, 0.717) is 50.7 Å². The van der Waals surface area contributed by atoms with E-state index in [1.165, 1.54) is 5.01 Å². The van der Waals surface area contributed by atoms with Crippen molar-refractivity contribution in [3.05, 3.63) is 215 Å². The first-order valence-electron chi connectivity index (χ1n) is 22.9. The molecule has 67 heavy (non-hydrogen) atoms. The summed E-state index contributed by atoms with van der Waals surface area (Å²) in [4.78, 5) is 9.59. The highest BCUT2D eigenvalue weighted by atomic mass is 28.5. The van der Waals surface area contributed by atoms with Crippen LogP contribution in [0.4, 0.5) is 0 Å². The summed E-state index contributed by atoms with van der Waals surface area (Å²) in [6, 6.07) is 60.3. The number of aliphatic imine (C=N–C) groups is 2. The van der Waals surface area contributed by atoms with Crippen LogP contribution in [0.25, 0.3) is 0 Å². The molecule has 0 saturated heterocycles. The molecule has 7 rings (SSSR count). The topological polar surface area (TPSA) is 173 Å². The van der Waals surface area contributed by atoms with Crippen molar-refractivity contribution in [2.45, 2.75) is 70.2 Å². The average molecular weight is 938 g/mol. The number of guanidine groups is 1. The number of benzene rings is 6. The lowest BCUT2D eigenvalue weighted by molar-refractivity contribution is 0.00449. The lowest BCUT2D eigenvalue weighted by Crippen LogP contribution is -2.64. The average Bonchev–Trinajstić information content (AvgIpc) is 3.38. The number of hydrogen-bond donors (Lipinski definition) is 4. The van der Waals surface area contributed by atoms with Gasteiger partial charge in [-0.25, -0.2) is 10.8 Å². The SMILES string of the molecule is NCCC1=NC(CCN)N(N)C(NCCC([Si](OCc2ccccc2)(OCc2ccccc2)OCc2ccccc2)[Si](OCc2ccccc2)(OCc2ccccc2)OCc2ccccc2)=N1. The summed E-state index contributed by atoms with van der Waals surface area (Å²) in [5.74, 6) is 7.78. The maximum Gasteiger partial charge on any atom is 0.509 e. The van der Waals surface area contributed by atoms with E-state index in [1.807, 2.05) is 182 Å². The molecule has 0 spiro atoms. The summed E-state index contributed by atoms with van der Waals surface area (Å²) in [5, 5.41) is 4.35. The van der Waals surface area contributed by atoms with Crippen molar-refractivity contribution in [3.63, 3.8) is 0 Å². The standard InChI is InChI=1S/C52H63N7O6Si2/c53-34-31-49-57-50(32-35-54)59(55)52(58-49)56-36-33-51(66(60-37-43-19-7-1-8-20-43,61-38-44-21-9-2-10-22-44)62-39-45-23-11-3-12-24-45)67(63-40-46-25-13-4-14-26-46,64-41-47-27-15-5-16-28-47)65-42-48-29-17-6-18-30-48/h1-30,50-51H,31-42,53-55H2,(H,56,57,58). The molecule has 0 aliphatic carbocycles. The van der Waals surface area contributed by atoms with Crippen LogP contribution in [-0.4, -0.2) is 60.2 Å². The van der Waals surface area contributed by atoms with Gasteiger partial charge in [0.2, 0.25) is 5.96 Å². The molecule has 1 aliphatic rings. The summed E-state index contributed by atoms with van der Waals surface area (Å²) in [7, 11) is -8.35. The minimum Gasteiger partial charge on any atom is -0.369 e. The summed E-state index contributed by atoms with van der Waals surface area (Å²) < 4.78 is 44.4. The van der Waals surface area contributed by atoms with Crippen molar-refractivity contribution >= 4 is 29.4 Å². The zero-order chi connectivity index (χ0) is 46.4. The second-order valence-electron chi connectivity index (χ2n) is 16.1. The van der Waals surface area contributed by atoms with E-state index in [-0.39, 0.29) is 39.6 Å². The zero-order valence-corrected chi connectivity index (χ0v) is 40.0. The summed E-state index contributed by atoms with van der Waals surface area (Å²) >= 11 is 0. The fourth-order valence-corrected chi connectivity index (χ4v) is 15.8. The van der Waals surface area contributed by atoms with Crippen molar-refractivity contribution in [1.82, 2.24) is 10.3 Å². The Kier molecular flexibility index (Phi) is 19.1. The van der Waals surface area contributed by atoms with E-state index in [1.54, 1.807) is 0 Å². The number of nitrogens with zero attached hydrogens (tertiary/aromatic N) is 3. The Hall–Kier alpha value is -5.67. The van der Waals surface area contributed by atoms with E-state index in [4.69, 9.17) is 53.9 Å². The van der Waals surface area contributed by atoms with E-state index in [9.17, 15) is 0 Å². The van der Waals surface area contributed by atoms with Crippen LogP contribution >= 0.6 is 0 Å². The number of hydrogen-bond acceptors (Lipinski definition) is 13. The monoisotopic (exact) mass is 937 g/mol. The highest BCUT2D eigenvalue weighted by molar-refractivity contribution is 6.82. The quantitative estimate of drug-likeness (QED) is 0.0291. The smallest absolute Gasteiger partial charge is 0.369 e. The molecule has 15 heteroatoms. The Labute approximate surface area is 397 Å². The normalized spacial score (nSPS) is 14.2. The van der Waals surface area contributed by atoms with Gasteiger partial charge in [-0.15, -0.1) is 0 Å². The van der Waals surface area contributed by atoms with Gasteiger partial charge in [0.25, 0.3) is 0 Å². The molecule has 350 valence electrons. The zero-order valence-electron chi connectivity index (χ0n) is 38.0. The fraction of sp³-hybridized carbons (Fsp3) is 0.269. The Morgan fingerprint density at radius 2 is 0.791 bits per heavy atom. The second-order valence-corrected chi connectivity index (χ2v) is 22.2. The van der Waals surface area contributed by atoms with Gasteiger partial charge in [0, 0.05) is 19.4 Å². The summed E-state index contributed by atoms with van der Waals surface area (Å²) in [5.41, 5.74) is 17.7. The Bertz CT molecular complexity index is 2030. The second kappa shape index (κ2) is 26.0. The first kappa shape index (κ1) is 49.2. The molecule has 0 fully saturated rings. The van der Waals surface area contributed by atoms with Gasteiger partial charge in [0.1, 0.15) is 17.2 Å². The third kappa shape index (κ3) is 14.7. The predicted molar refractivity (Wildman–Crippen MR) is 267 cm³/mol. The molecular formula is C52H63N7O6Si2. The molecule has 0 radical (unpaired) electrons. The van der Waals surface area contributed by atoms with Crippen LogP contribution in [0.1, 0.15) is 52.6 Å². The maximum absolute atomic E-state index is 7.39. The lowest BCUT2D eigenvalue weighted by Gasteiger charge is -2.43. The van der Waals surface area contributed by atoms with Gasteiger partial charge in [0.05, 0.1) is 39.6 Å². The molecule has 1 heterocycles. The molecule has 1 unspecified atom stereocenters. The summed E-state index contributed by atoms with van der Waals surface area (Å²) in [6.07, 6.45) is 0.922. The van der Waals surface area contributed by atoms with Gasteiger partial charge in [-0.2, -0.15) is 4.99 Å². The van der Waals surface area contributed by atoms with Crippen molar-refractivity contribution in [1.29, 1.82) is 0 Å². The van der Waals surface area contributed by atoms with Crippen LogP contribution in [0.5, 0.6) is 0 Å². The third-order valence-corrected chi connectivity index (χ3v) is 18.8. The number of nitrogens with two attached hydrogens (primary N) is 3. The van der Waals surface area contributed by atoms with E-state index < -0.39 is 28.9 Å². The van der Waals surface area contributed by atoms with Crippen LogP contribution in [0.2, 0.25) is 5.16 Å². The molecule has 0 aromatic heterocycles. The highest BCUT2D eigenvalue weighted by Crippen LogP contribution is 2.43. The Morgan fingerprint density at radius 1 is 0.478 bits per heavy atom. The van der Waals surface area contributed by atoms with Gasteiger partial charge < -0.3 is 43.3 Å². The highest BCUT2D eigenvalue weighted by Gasteiger charge is 2.66. The molecule has 7 N–H and O–H groups in total. The van der Waals surface area contributed by atoms with Crippen molar-refractivity contribution < 1.29 is 26.6 Å². The first-order valence-corrected chi connectivity index (χ1v) is 26.5. The van der Waals surface area contributed by atoms with Crippen molar-refractivity contribution in [2.24, 2.45) is 27.3 Å². The minimum atomic E-state index is -4.17. The third-order valence-electron chi connectivity index (χ3n) is 11.2. The number of hydrazine groups is 1. The lowest BCUT2D eigenvalue weighted by atomic mass is 10.2. The molecule has 6 aromatic rings. The van der Waals surface area contributed by atoms with Crippen LogP contribution in [-0.2, 0) is 66.2 Å². The molecular weight excluding hydrogens is 875 g/mol. The van der Waals surface area contributed by atoms with Gasteiger partial charge >= 0.3 is 17.6 Å². The number of rotatable bonds is 27. The first-order chi connectivity index (χ1) is 33.0. The fourth-order valence-electron chi connectivity index (χ4n) is 7.62. The molecule has 0 bridgehead atoms. The molecule has 0 amide bonds. The van der Waals surface area contributed by atoms with Crippen molar-refractivity contribution in [3.8, 4) is 0 Å². The van der Waals surface area contributed by atoms with Crippen LogP contribution in [0, 0.1) is 0 Å². The van der Waals surface area contributed by atoms with Crippen LogP contribution < -0.4 is 22.6 Å². The molecule has 0 saturated carbocycles. The number of nitrogens with one attached hydrogen (secondary N) is 1. The van der Waals surface area contributed by atoms with E-state index >= 15 is 0 Å². The van der Waals surface area contributed by atoms with Crippen LogP contribution in [0.3, 0.4) is 0 Å². The van der Waals surface area contributed by atoms with Gasteiger partial charge in [-0.1, -0.05) is 182 Å². The van der Waals surface area contributed by atoms with Crippen molar-refractivity contribution in [2.75, 3.05) is 19.6 Å². The molecule has 13 nitrogen and oxygen atoms in total. The molecule has 1 atom stereocenters. The van der Waals surface area contributed by atoms with Gasteiger partial charge in [-0.05, 0) is 52.9 Å². The molecule has 1 aliphatic heterocycles. The van der Waals surface area contributed by atoms with Gasteiger partial charge in [0.15, 0.2) is 0 Å². The van der Waals surface area contributed by atoms with E-state index in [2.05, 4.69) is 5.32 Å². The van der Waals surface area contributed by atoms with E-state index in [0.717, 1.165) is 33.4 Å². The Morgan fingerprint density at radius 3 is 1.07 bits per heavy atom. The Balaban J connectivity index is 1.40. The maximum atomic E-state index is 7.39. The predicted octanol–water partition coefficient (Wildman–Crippen LogP) is 8.02. The largest absolute Gasteiger partial charge is 0.509 e. The number of amidine groups is 1. The van der Waals surface area contributed by atoms with Crippen LogP contribution in [0.15, 0.2) is 192 Å². The minimum absolute atomic E-state index is 0.185.